The van der Waals surface area contributed by atoms with Crippen LogP contribution in [0.15, 0.2) is 43.0 Å². The lowest BCUT2D eigenvalue weighted by molar-refractivity contribution is -0.140. The molecule has 1 fully saturated rings. The van der Waals surface area contributed by atoms with E-state index in [0.717, 1.165) is 52.6 Å². The number of aromatic nitrogens is 7. The van der Waals surface area contributed by atoms with Gasteiger partial charge in [-0.05, 0) is 18.4 Å². The predicted molar refractivity (Wildman–Crippen MR) is 145 cm³/mol. The molecular formula is C29H28F3N7O2. The van der Waals surface area contributed by atoms with Gasteiger partial charge in [0.1, 0.15) is 17.7 Å². The third kappa shape index (κ3) is 5.26. The van der Waals surface area contributed by atoms with Crippen LogP contribution in [0, 0.1) is 0 Å². The van der Waals surface area contributed by atoms with Gasteiger partial charge in [-0.3, -0.25) is 0 Å². The summed E-state index contributed by atoms with van der Waals surface area (Å²) >= 11 is 0. The SMILES string of the molecule is COCCc1[nH]c2cnc(-c3c(OC)ncnc3C3CC3)nc2c1Cc1ccc(-c2nc(C(F)(F)F)cn2C)cc1. The lowest BCUT2D eigenvalue weighted by Crippen LogP contribution is -2.04. The van der Waals surface area contributed by atoms with Gasteiger partial charge in [-0.1, -0.05) is 24.3 Å². The predicted octanol–water partition coefficient (Wildman–Crippen LogP) is 5.50. The first-order valence-corrected chi connectivity index (χ1v) is 13.2. The minimum atomic E-state index is -4.50. The van der Waals surface area contributed by atoms with E-state index in [9.17, 15) is 13.2 Å². The summed E-state index contributed by atoms with van der Waals surface area (Å²) < 4.78 is 51.8. The number of benzene rings is 1. The van der Waals surface area contributed by atoms with Gasteiger partial charge in [-0.2, -0.15) is 13.2 Å². The molecule has 0 radical (unpaired) electrons. The second-order valence-corrected chi connectivity index (χ2v) is 10.1. The number of aromatic amines is 1. The number of methoxy groups -OCH3 is 2. The van der Waals surface area contributed by atoms with E-state index >= 15 is 0 Å². The van der Waals surface area contributed by atoms with E-state index < -0.39 is 11.9 Å². The lowest BCUT2D eigenvalue weighted by atomic mass is 10.0. The summed E-state index contributed by atoms with van der Waals surface area (Å²) in [6, 6.07) is 7.38. The van der Waals surface area contributed by atoms with Gasteiger partial charge in [0.2, 0.25) is 5.88 Å². The number of halogens is 3. The van der Waals surface area contributed by atoms with E-state index in [1.54, 1.807) is 39.6 Å². The van der Waals surface area contributed by atoms with Crippen LogP contribution in [0.2, 0.25) is 0 Å². The highest BCUT2D eigenvalue weighted by molar-refractivity contribution is 5.83. The molecule has 0 unspecified atom stereocenters. The number of H-pyrrole nitrogens is 1. The molecule has 0 saturated heterocycles. The molecule has 0 aliphatic heterocycles. The number of rotatable bonds is 9. The molecule has 1 aromatic carbocycles. The Morgan fingerprint density at radius 2 is 1.83 bits per heavy atom. The summed E-state index contributed by atoms with van der Waals surface area (Å²) in [6.45, 7) is 0.520. The van der Waals surface area contributed by atoms with E-state index in [2.05, 4.69) is 24.9 Å². The van der Waals surface area contributed by atoms with Gasteiger partial charge < -0.3 is 19.0 Å². The van der Waals surface area contributed by atoms with Crippen molar-refractivity contribution < 1.29 is 22.6 Å². The molecule has 0 atom stereocenters. The lowest BCUT2D eigenvalue weighted by Gasteiger charge is -2.11. The fraction of sp³-hybridized carbons (Fsp3) is 0.345. The van der Waals surface area contributed by atoms with Crippen LogP contribution in [0.25, 0.3) is 33.8 Å². The van der Waals surface area contributed by atoms with Gasteiger partial charge in [-0.25, -0.2) is 24.9 Å². The first-order chi connectivity index (χ1) is 19.8. The molecular weight excluding hydrogens is 535 g/mol. The van der Waals surface area contributed by atoms with Crippen LogP contribution in [0.4, 0.5) is 13.2 Å². The average Bonchev–Trinajstić information content (AvgIpc) is 3.66. The zero-order valence-electron chi connectivity index (χ0n) is 22.8. The summed E-state index contributed by atoms with van der Waals surface area (Å²) in [5.41, 5.74) is 5.80. The summed E-state index contributed by atoms with van der Waals surface area (Å²) in [6.07, 6.45) is 3.07. The summed E-state index contributed by atoms with van der Waals surface area (Å²) in [7, 11) is 4.78. The molecule has 0 amide bonds. The van der Waals surface area contributed by atoms with Crippen LogP contribution in [0.1, 0.15) is 47.0 Å². The van der Waals surface area contributed by atoms with Crippen LogP contribution in [-0.4, -0.2) is 55.3 Å². The van der Waals surface area contributed by atoms with Gasteiger partial charge in [0, 0.05) is 55.9 Å². The third-order valence-electron chi connectivity index (χ3n) is 7.26. The molecule has 41 heavy (non-hydrogen) atoms. The average molecular weight is 564 g/mol. The number of fused-ring (bicyclic) bond motifs is 1. The standard InChI is InChI=1S/C29H28F3N7O2/c1-39-14-22(29(30,31)32)37-27(39)18-6-4-16(5-7-18)12-19-20(10-11-40-2)36-21-13-33-26(38-25(19)21)23-24(17-8-9-17)34-15-35-28(23)41-3/h4-7,13-15,17,36H,8-12H2,1-3H3. The van der Waals surface area contributed by atoms with Crippen LogP contribution >= 0.6 is 0 Å². The van der Waals surface area contributed by atoms with Crippen molar-refractivity contribution in [3.05, 3.63) is 71.2 Å². The first kappa shape index (κ1) is 26.9. The molecule has 1 N–H and O–H groups in total. The Morgan fingerprint density at radius 1 is 1.05 bits per heavy atom. The van der Waals surface area contributed by atoms with Gasteiger partial charge in [0.15, 0.2) is 11.5 Å². The molecule has 1 aliphatic carbocycles. The third-order valence-corrected chi connectivity index (χ3v) is 7.26. The molecule has 9 nitrogen and oxygen atoms in total. The van der Waals surface area contributed by atoms with Crippen LogP contribution < -0.4 is 4.74 Å². The number of ether oxygens (including phenoxy) is 2. The Hall–Kier alpha value is -4.32. The summed E-state index contributed by atoms with van der Waals surface area (Å²) in [5.74, 6) is 1.53. The van der Waals surface area contributed by atoms with E-state index in [-0.39, 0.29) is 5.82 Å². The van der Waals surface area contributed by atoms with Crippen molar-refractivity contribution in [2.45, 2.75) is 37.8 Å². The number of imidazole rings is 1. The summed E-state index contributed by atoms with van der Waals surface area (Å²) in [5, 5.41) is 0. The van der Waals surface area contributed by atoms with E-state index in [4.69, 9.17) is 14.5 Å². The first-order valence-electron chi connectivity index (χ1n) is 13.2. The molecule has 6 rings (SSSR count). The van der Waals surface area contributed by atoms with Crippen molar-refractivity contribution in [2.75, 3.05) is 20.8 Å². The molecule has 4 heterocycles. The van der Waals surface area contributed by atoms with Gasteiger partial charge in [0.25, 0.3) is 0 Å². The second-order valence-electron chi connectivity index (χ2n) is 10.1. The minimum Gasteiger partial charge on any atom is -0.480 e. The van der Waals surface area contributed by atoms with E-state index in [0.29, 0.717) is 48.2 Å². The Balaban J connectivity index is 1.38. The van der Waals surface area contributed by atoms with Crippen molar-refractivity contribution in [3.63, 3.8) is 0 Å². The van der Waals surface area contributed by atoms with Gasteiger partial charge >= 0.3 is 6.18 Å². The smallest absolute Gasteiger partial charge is 0.434 e. The zero-order valence-corrected chi connectivity index (χ0v) is 22.8. The molecule has 12 heteroatoms. The van der Waals surface area contributed by atoms with Crippen molar-refractivity contribution in [1.82, 2.24) is 34.5 Å². The van der Waals surface area contributed by atoms with Gasteiger partial charge in [0.05, 0.1) is 36.6 Å². The Bertz CT molecular complexity index is 1710. The van der Waals surface area contributed by atoms with Crippen LogP contribution in [0.3, 0.4) is 0 Å². The summed E-state index contributed by atoms with van der Waals surface area (Å²) in [4.78, 5) is 25.7. The maximum atomic E-state index is 13.2. The molecule has 4 aromatic heterocycles. The number of hydrogen-bond acceptors (Lipinski definition) is 7. The molecule has 212 valence electrons. The molecule has 1 saturated carbocycles. The highest BCUT2D eigenvalue weighted by Crippen LogP contribution is 2.45. The largest absolute Gasteiger partial charge is 0.480 e. The van der Waals surface area contributed by atoms with Crippen LogP contribution in [0.5, 0.6) is 5.88 Å². The Labute approximate surface area is 233 Å². The molecule has 1 aliphatic rings. The number of aryl methyl sites for hydroxylation is 1. The maximum absolute atomic E-state index is 13.2. The monoisotopic (exact) mass is 563 g/mol. The van der Waals surface area contributed by atoms with Crippen LogP contribution in [-0.2, 0) is 30.8 Å². The number of hydrogen-bond donors (Lipinski definition) is 1. The maximum Gasteiger partial charge on any atom is 0.434 e. The van der Waals surface area contributed by atoms with E-state index in [1.807, 2.05) is 12.1 Å². The fourth-order valence-electron chi connectivity index (χ4n) is 5.07. The Morgan fingerprint density at radius 3 is 2.49 bits per heavy atom. The van der Waals surface area contributed by atoms with Crippen molar-refractivity contribution in [3.8, 4) is 28.7 Å². The molecule has 0 spiro atoms. The quantitative estimate of drug-likeness (QED) is 0.253. The Kier molecular flexibility index (Phi) is 6.94. The van der Waals surface area contributed by atoms with Crippen molar-refractivity contribution >= 4 is 11.0 Å². The topological polar surface area (TPSA) is 104 Å². The molecule has 0 bridgehead atoms. The van der Waals surface area contributed by atoms with Crippen molar-refractivity contribution in [2.24, 2.45) is 7.05 Å². The normalized spacial score (nSPS) is 13.7. The second kappa shape index (κ2) is 10.6. The van der Waals surface area contributed by atoms with Crippen molar-refractivity contribution in [1.29, 1.82) is 0 Å². The van der Waals surface area contributed by atoms with E-state index in [1.165, 1.54) is 10.9 Å². The molecule has 5 aromatic rings. The fourth-order valence-corrected chi connectivity index (χ4v) is 5.07. The zero-order chi connectivity index (χ0) is 28.7. The number of nitrogens with one attached hydrogen (secondary N) is 1. The highest BCUT2D eigenvalue weighted by Gasteiger charge is 2.35. The highest BCUT2D eigenvalue weighted by atomic mass is 19.4. The number of alkyl halides is 3. The minimum absolute atomic E-state index is 0.250. The number of nitrogens with zero attached hydrogens (tertiary/aromatic N) is 6. The van der Waals surface area contributed by atoms with Gasteiger partial charge in [-0.15, -0.1) is 0 Å².